The second kappa shape index (κ2) is 5.83. The molecule has 1 N–H and O–H groups in total. The van der Waals surface area contributed by atoms with Crippen LogP contribution in [-0.2, 0) is 10.2 Å². The van der Waals surface area contributed by atoms with Gasteiger partial charge in [0, 0.05) is 10.6 Å². The van der Waals surface area contributed by atoms with E-state index in [1.807, 2.05) is 0 Å². The van der Waals surface area contributed by atoms with Crippen molar-refractivity contribution in [1.82, 2.24) is 0 Å². The normalized spacial score (nSPS) is 11.2. The lowest BCUT2D eigenvalue weighted by atomic mass is 10.1. The fourth-order valence-electron chi connectivity index (χ4n) is 1.76. The Hall–Kier alpha value is -1.92. The highest BCUT2D eigenvalue weighted by Crippen LogP contribution is 2.24. The van der Waals surface area contributed by atoms with E-state index in [0.29, 0.717) is 16.1 Å². The third-order valence-corrected chi connectivity index (χ3v) is 4.12. The molecule has 0 saturated heterocycles. The highest BCUT2D eigenvalue weighted by atomic mass is 35.5. The van der Waals surface area contributed by atoms with Crippen LogP contribution in [0.4, 0.5) is 9.57 Å². The lowest BCUT2D eigenvalue weighted by Gasteiger charge is -2.09. The fourth-order valence-corrected chi connectivity index (χ4v) is 2.50. The number of rotatable bonds is 3. The second-order valence-electron chi connectivity index (χ2n) is 4.35. The third kappa shape index (κ3) is 3.59. The van der Waals surface area contributed by atoms with Crippen LogP contribution in [-0.4, -0.2) is 14.3 Å². The molecule has 0 aliphatic carbocycles. The number of carbonyl (C=O) groups excluding carboxylic acids is 1. The molecule has 2 aromatic carbocycles. The van der Waals surface area contributed by atoms with E-state index in [2.05, 4.69) is 5.32 Å². The Balaban J connectivity index is 2.34. The maximum Gasteiger partial charge on any atom is 0.334 e. The Labute approximate surface area is 126 Å². The summed E-state index contributed by atoms with van der Waals surface area (Å²) in [5, 5.41) is 2.89. The molecule has 110 valence electrons. The topological polar surface area (TPSA) is 63.2 Å². The van der Waals surface area contributed by atoms with Gasteiger partial charge in [-0.3, -0.25) is 4.79 Å². The highest BCUT2D eigenvalue weighted by molar-refractivity contribution is 7.86. The lowest BCUT2D eigenvalue weighted by Crippen LogP contribution is -2.14. The van der Waals surface area contributed by atoms with Crippen molar-refractivity contribution in [1.29, 1.82) is 0 Å². The summed E-state index contributed by atoms with van der Waals surface area (Å²) < 4.78 is 35.2. The Morgan fingerprint density at radius 2 is 1.86 bits per heavy atom. The molecule has 0 aliphatic heterocycles. The minimum atomic E-state index is -4.91. The largest absolute Gasteiger partial charge is 0.334 e. The number of aryl methyl sites for hydroxylation is 1. The minimum absolute atomic E-state index is 0.113. The molecule has 0 aromatic heterocycles. The molecule has 0 radical (unpaired) electrons. The highest BCUT2D eigenvalue weighted by Gasteiger charge is 2.18. The maximum absolute atomic E-state index is 13.2. The Bertz CT molecular complexity index is 806. The zero-order chi connectivity index (χ0) is 15.6. The van der Waals surface area contributed by atoms with E-state index in [1.54, 1.807) is 19.1 Å². The maximum atomic E-state index is 13.2. The van der Waals surface area contributed by atoms with Crippen molar-refractivity contribution < 1.29 is 17.1 Å². The predicted octanol–water partition coefficient (Wildman–Crippen LogP) is 3.56. The monoisotopic (exact) mass is 327 g/mol. The smallest absolute Gasteiger partial charge is 0.321 e. The number of amides is 1. The fraction of sp³-hybridized carbons (Fsp3) is 0.0714. The van der Waals surface area contributed by atoms with Gasteiger partial charge >= 0.3 is 10.2 Å². The summed E-state index contributed by atoms with van der Waals surface area (Å²) in [4.78, 5) is 11.5. The first-order valence-electron chi connectivity index (χ1n) is 5.90. The van der Waals surface area contributed by atoms with Crippen molar-refractivity contribution in [3.8, 4) is 0 Å². The van der Waals surface area contributed by atoms with Crippen molar-refractivity contribution >= 4 is 33.4 Å². The Morgan fingerprint density at radius 1 is 1.19 bits per heavy atom. The SMILES string of the molecule is Cc1cc(C(=O)Nc2ccccc2S(=O)(=O)F)ccc1Cl. The van der Waals surface area contributed by atoms with Crippen LogP contribution in [0.15, 0.2) is 47.4 Å². The first kappa shape index (κ1) is 15.5. The molecule has 7 heteroatoms. The Kier molecular flexibility index (Phi) is 4.29. The van der Waals surface area contributed by atoms with Gasteiger partial charge in [0.05, 0.1) is 5.69 Å². The summed E-state index contributed by atoms with van der Waals surface area (Å²) in [6.07, 6.45) is 0. The van der Waals surface area contributed by atoms with E-state index in [1.165, 1.54) is 24.3 Å². The summed E-state index contributed by atoms with van der Waals surface area (Å²) in [5.74, 6) is -0.550. The van der Waals surface area contributed by atoms with Crippen molar-refractivity contribution in [2.24, 2.45) is 0 Å². The summed E-state index contributed by atoms with van der Waals surface area (Å²) in [6, 6.07) is 9.88. The van der Waals surface area contributed by atoms with Gasteiger partial charge in [-0.2, -0.15) is 8.42 Å². The molecular weight excluding hydrogens is 317 g/mol. The molecule has 0 heterocycles. The molecule has 0 atom stereocenters. The number of carbonyl (C=O) groups is 1. The summed E-state index contributed by atoms with van der Waals surface area (Å²) in [7, 11) is -4.91. The second-order valence-corrected chi connectivity index (χ2v) is 6.07. The van der Waals surface area contributed by atoms with E-state index in [4.69, 9.17) is 11.6 Å². The van der Waals surface area contributed by atoms with Gasteiger partial charge in [-0.05, 0) is 42.8 Å². The number of hydrogen-bond donors (Lipinski definition) is 1. The molecule has 0 bridgehead atoms. The zero-order valence-electron chi connectivity index (χ0n) is 10.9. The van der Waals surface area contributed by atoms with Gasteiger partial charge in [0.2, 0.25) is 0 Å². The molecule has 1 amide bonds. The number of benzene rings is 2. The molecule has 0 unspecified atom stereocenters. The number of hydrogen-bond acceptors (Lipinski definition) is 3. The van der Waals surface area contributed by atoms with Crippen LogP contribution in [0, 0.1) is 6.92 Å². The number of halogens is 2. The van der Waals surface area contributed by atoms with Crippen molar-refractivity contribution in [3.63, 3.8) is 0 Å². The van der Waals surface area contributed by atoms with Gasteiger partial charge in [0.1, 0.15) is 4.90 Å². The van der Waals surface area contributed by atoms with Crippen LogP contribution in [0.5, 0.6) is 0 Å². The van der Waals surface area contributed by atoms with Crippen LogP contribution in [0.3, 0.4) is 0 Å². The van der Waals surface area contributed by atoms with Crippen molar-refractivity contribution in [2.75, 3.05) is 5.32 Å². The van der Waals surface area contributed by atoms with Crippen molar-refractivity contribution in [2.45, 2.75) is 11.8 Å². The number of para-hydroxylation sites is 1. The predicted molar refractivity (Wildman–Crippen MR) is 78.9 cm³/mol. The van der Waals surface area contributed by atoms with Gasteiger partial charge in [0.25, 0.3) is 5.91 Å². The first-order valence-corrected chi connectivity index (χ1v) is 7.66. The van der Waals surface area contributed by atoms with Gasteiger partial charge in [0.15, 0.2) is 0 Å². The van der Waals surface area contributed by atoms with Gasteiger partial charge in [-0.1, -0.05) is 23.7 Å². The first-order chi connectivity index (χ1) is 9.79. The average molecular weight is 328 g/mol. The van der Waals surface area contributed by atoms with Crippen LogP contribution < -0.4 is 5.32 Å². The molecule has 2 rings (SSSR count). The third-order valence-electron chi connectivity index (χ3n) is 2.82. The van der Waals surface area contributed by atoms with Crippen LogP contribution in [0.2, 0.25) is 5.02 Å². The van der Waals surface area contributed by atoms with Crippen LogP contribution in [0.25, 0.3) is 0 Å². The van der Waals surface area contributed by atoms with Crippen molar-refractivity contribution in [3.05, 3.63) is 58.6 Å². The van der Waals surface area contributed by atoms with Gasteiger partial charge in [-0.25, -0.2) is 0 Å². The van der Waals surface area contributed by atoms with E-state index in [-0.39, 0.29) is 5.69 Å². The molecule has 0 saturated carbocycles. The Morgan fingerprint density at radius 3 is 2.48 bits per heavy atom. The molecule has 0 aliphatic rings. The number of nitrogens with one attached hydrogen (secondary N) is 1. The summed E-state index contributed by atoms with van der Waals surface area (Å²) in [6.45, 7) is 1.74. The molecule has 0 spiro atoms. The molecule has 0 fully saturated rings. The summed E-state index contributed by atoms with van der Waals surface area (Å²) in [5.41, 5.74) is 0.885. The molecule has 21 heavy (non-hydrogen) atoms. The number of anilines is 1. The quantitative estimate of drug-likeness (QED) is 0.877. The summed E-state index contributed by atoms with van der Waals surface area (Å²) >= 11 is 5.87. The van der Waals surface area contributed by atoms with E-state index in [9.17, 15) is 17.1 Å². The van der Waals surface area contributed by atoms with Crippen LogP contribution >= 0.6 is 11.6 Å². The average Bonchev–Trinajstić information content (AvgIpc) is 2.41. The minimum Gasteiger partial charge on any atom is -0.321 e. The van der Waals surface area contributed by atoms with E-state index in [0.717, 1.165) is 6.07 Å². The van der Waals surface area contributed by atoms with E-state index < -0.39 is 21.0 Å². The standard InChI is InChI=1S/C14H11ClFNO3S/c1-9-8-10(6-7-11(9)15)14(18)17-12-4-2-3-5-13(12)21(16,19)20/h2-8H,1H3,(H,17,18). The molecule has 2 aromatic rings. The van der Waals surface area contributed by atoms with Crippen LogP contribution in [0.1, 0.15) is 15.9 Å². The molecule has 4 nitrogen and oxygen atoms in total. The van der Waals surface area contributed by atoms with E-state index >= 15 is 0 Å². The molecular formula is C14H11ClFNO3S. The van der Waals surface area contributed by atoms with Gasteiger partial charge < -0.3 is 5.32 Å². The lowest BCUT2D eigenvalue weighted by molar-refractivity contribution is 0.102. The zero-order valence-corrected chi connectivity index (χ0v) is 12.5. The van der Waals surface area contributed by atoms with Gasteiger partial charge in [-0.15, -0.1) is 3.89 Å².